The van der Waals surface area contributed by atoms with Gasteiger partial charge in [0.15, 0.2) is 0 Å². The van der Waals surface area contributed by atoms with Crippen molar-refractivity contribution in [3.63, 3.8) is 0 Å². The summed E-state index contributed by atoms with van der Waals surface area (Å²) in [6.07, 6.45) is 1.73. The SMILES string of the molecule is CCCNCc1cc(S(=O)(=O)N(C)CCCOC)c(Br)s1. The Hall–Kier alpha value is 0.01000. The highest BCUT2D eigenvalue weighted by molar-refractivity contribution is 9.11. The molecule has 0 aliphatic carbocycles. The summed E-state index contributed by atoms with van der Waals surface area (Å²) in [4.78, 5) is 1.36. The molecule has 1 N–H and O–H groups in total. The van der Waals surface area contributed by atoms with Crippen molar-refractivity contribution >= 4 is 37.3 Å². The molecule has 0 atom stereocenters. The first-order valence-electron chi connectivity index (χ1n) is 6.87. The third-order valence-electron chi connectivity index (χ3n) is 2.94. The summed E-state index contributed by atoms with van der Waals surface area (Å²) in [5.41, 5.74) is 0. The highest BCUT2D eigenvalue weighted by Crippen LogP contribution is 2.33. The second kappa shape index (κ2) is 9.22. The van der Waals surface area contributed by atoms with Gasteiger partial charge in [-0.1, -0.05) is 6.92 Å². The first kappa shape index (κ1) is 19.1. The predicted octanol–water partition coefficient (Wildman–Crippen LogP) is 2.67. The van der Waals surface area contributed by atoms with Gasteiger partial charge in [-0.25, -0.2) is 12.7 Å². The van der Waals surface area contributed by atoms with Gasteiger partial charge in [0.2, 0.25) is 10.0 Å². The Kier molecular flexibility index (Phi) is 8.36. The summed E-state index contributed by atoms with van der Waals surface area (Å²) in [6, 6.07) is 1.75. The van der Waals surface area contributed by atoms with Gasteiger partial charge in [0.25, 0.3) is 0 Å². The summed E-state index contributed by atoms with van der Waals surface area (Å²) in [5.74, 6) is 0. The second-order valence-corrected chi connectivity index (χ2v) is 9.17. The van der Waals surface area contributed by atoms with Crippen molar-refractivity contribution in [3.8, 4) is 0 Å². The molecule has 1 heterocycles. The van der Waals surface area contributed by atoms with Crippen LogP contribution in [0.4, 0.5) is 0 Å². The van der Waals surface area contributed by atoms with E-state index in [-0.39, 0.29) is 0 Å². The molecule has 0 bridgehead atoms. The molecule has 21 heavy (non-hydrogen) atoms. The molecule has 122 valence electrons. The average molecular weight is 399 g/mol. The Morgan fingerprint density at radius 1 is 1.48 bits per heavy atom. The third-order valence-corrected chi connectivity index (χ3v) is 7.05. The molecule has 0 fully saturated rings. The Labute approximate surface area is 139 Å². The number of nitrogens with zero attached hydrogens (tertiary/aromatic N) is 1. The Balaban J connectivity index is 2.78. The average Bonchev–Trinajstić information content (AvgIpc) is 2.81. The lowest BCUT2D eigenvalue weighted by molar-refractivity contribution is 0.189. The molecule has 0 aliphatic heterocycles. The van der Waals surface area contributed by atoms with Crippen molar-refractivity contribution in [2.24, 2.45) is 0 Å². The zero-order valence-corrected chi connectivity index (χ0v) is 15.9. The van der Waals surface area contributed by atoms with Crippen LogP contribution in [0.1, 0.15) is 24.6 Å². The first-order valence-corrected chi connectivity index (χ1v) is 9.92. The van der Waals surface area contributed by atoms with Gasteiger partial charge < -0.3 is 10.1 Å². The van der Waals surface area contributed by atoms with Crippen LogP contribution in [0.3, 0.4) is 0 Å². The summed E-state index contributed by atoms with van der Waals surface area (Å²) in [5, 5.41) is 3.28. The van der Waals surface area contributed by atoms with E-state index in [4.69, 9.17) is 4.74 Å². The van der Waals surface area contributed by atoms with Gasteiger partial charge in [-0.05, 0) is 41.4 Å². The monoisotopic (exact) mass is 398 g/mol. The van der Waals surface area contributed by atoms with Crippen LogP contribution in [0.2, 0.25) is 0 Å². The van der Waals surface area contributed by atoms with Gasteiger partial charge >= 0.3 is 0 Å². The largest absolute Gasteiger partial charge is 0.385 e. The van der Waals surface area contributed by atoms with Crippen molar-refractivity contribution in [1.82, 2.24) is 9.62 Å². The quantitative estimate of drug-likeness (QED) is 0.615. The molecular weight excluding hydrogens is 376 g/mol. The molecule has 1 aromatic heterocycles. The summed E-state index contributed by atoms with van der Waals surface area (Å²) >= 11 is 4.83. The van der Waals surface area contributed by atoms with Crippen LogP contribution >= 0.6 is 27.3 Å². The standard InChI is InChI=1S/C13H23BrN2O3S2/c1-4-6-15-10-11-9-12(13(14)20-11)21(17,18)16(2)7-5-8-19-3/h9,15H,4-8,10H2,1-3H3. The normalized spacial score (nSPS) is 12.2. The summed E-state index contributed by atoms with van der Waals surface area (Å²) in [6.45, 7) is 4.72. The van der Waals surface area contributed by atoms with Crippen LogP contribution < -0.4 is 5.32 Å². The minimum Gasteiger partial charge on any atom is -0.385 e. The van der Waals surface area contributed by atoms with E-state index >= 15 is 0 Å². The zero-order chi connectivity index (χ0) is 15.9. The number of sulfonamides is 1. The van der Waals surface area contributed by atoms with E-state index in [1.807, 2.05) is 0 Å². The van der Waals surface area contributed by atoms with Crippen molar-refractivity contribution < 1.29 is 13.2 Å². The van der Waals surface area contributed by atoms with Crippen LogP contribution in [-0.4, -0.2) is 46.6 Å². The number of ether oxygens (including phenoxy) is 1. The number of hydrogen-bond acceptors (Lipinski definition) is 5. The number of thiophene rings is 1. The zero-order valence-electron chi connectivity index (χ0n) is 12.7. The fourth-order valence-electron chi connectivity index (χ4n) is 1.77. The van der Waals surface area contributed by atoms with Gasteiger partial charge in [-0.2, -0.15) is 0 Å². The van der Waals surface area contributed by atoms with Crippen LogP contribution in [-0.2, 0) is 21.3 Å². The van der Waals surface area contributed by atoms with E-state index in [0.717, 1.165) is 17.8 Å². The van der Waals surface area contributed by atoms with Gasteiger partial charge in [0.05, 0.1) is 3.79 Å². The number of hydrogen-bond donors (Lipinski definition) is 1. The molecule has 0 aliphatic rings. The van der Waals surface area contributed by atoms with Crippen LogP contribution in [0.15, 0.2) is 14.7 Å². The van der Waals surface area contributed by atoms with E-state index in [0.29, 0.717) is 34.8 Å². The first-order chi connectivity index (χ1) is 9.93. The molecular formula is C13H23BrN2O3S2. The highest BCUT2D eigenvalue weighted by atomic mass is 79.9. The van der Waals surface area contributed by atoms with Gasteiger partial charge in [-0.15, -0.1) is 11.3 Å². The molecule has 0 saturated heterocycles. The molecule has 1 aromatic rings. The van der Waals surface area contributed by atoms with Crippen molar-refractivity contribution in [2.45, 2.75) is 31.2 Å². The molecule has 0 radical (unpaired) electrons. The molecule has 0 aromatic carbocycles. The maximum absolute atomic E-state index is 12.5. The third kappa shape index (κ3) is 5.61. The smallest absolute Gasteiger partial charge is 0.244 e. The fourth-order valence-corrected chi connectivity index (χ4v) is 5.58. The number of nitrogens with one attached hydrogen (secondary N) is 1. The van der Waals surface area contributed by atoms with E-state index in [2.05, 4.69) is 28.2 Å². The molecule has 0 unspecified atom stereocenters. The second-order valence-electron chi connectivity index (χ2n) is 4.70. The van der Waals surface area contributed by atoms with Gasteiger partial charge in [-0.3, -0.25) is 0 Å². The minimum atomic E-state index is -3.45. The molecule has 0 amide bonds. The summed E-state index contributed by atoms with van der Waals surface area (Å²) in [7, 11) is -0.234. The van der Waals surface area contributed by atoms with Crippen molar-refractivity contribution in [1.29, 1.82) is 0 Å². The molecule has 5 nitrogen and oxygen atoms in total. The van der Waals surface area contributed by atoms with Crippen LogP contribution in [0.5, 0.6) is 0 Å². The Bertz CT molecular complexity index is 532. The van der Waals surface area contributed by atoms with E-state index in [9.17, 15) is 8.42 Å². The lowest BCUT2D eigenvalue weighted by Gasteiger charge is -2.16. The Morgan fingerprint density at radius 3 is 2.81 bits per heavy atom. The van der Waals surface area contributed by atoms with Gasteiger partial charge in [0.1, 0.15) is 4.90 Å². The van der Waals surface area contributed by atoms with Gasteiger partial charge in [0, 0.05) is 38.7 Å². The number of methoxy groups -OCH3 is 1. The van der Waals surface area contributed by atoms with E-state index in [1.165, 1.54) is 15.6 Å². The lowest BCUT2D eigenvalue weighted by atomic mass is 10.4. The minimum absolute atomic E-state index is 0.348. The maximum Gasteiger partial charge on any atom is 0.244 e. The van der Waals surface area contributed by atoms with Crippen LogP contribution in [0, 0.1) is 0 Å². The fraction of sp³-hybridized carbons (Fsp3) is 0.692. The lowest BCUT2D eigenvalue weighted by Crippen LogP contribution is -2.28. The van der Waals surface area contributed by atoms with E-state index < -0.39 is 10.0 Å². The van der Waals surface area contributed by atoms with E-state index in [1.54, 1.807) is 20.2 Å². The Morgan fingerprint density at radius 2 is 2.19 bits per heavy atom. The molecule has 1 rings (SSSR count). The highest BCUT2D eigenvalue weighted by Gasteiger charge is 2.25. The topological polar surface area (TPSA) is 58.6 Å². The maximum atomic E-state index is 12.5. The molecule has 0 saturated carbocycles. The molecule has 0 spiro atoms. The van der Waals surface area contributed by atoms with Crippen molar-refractivity contribution in [2.75, 3.05) is 33.9 Å². The number of rotatable bonds is 10. The van der Waals surface area contributed by atoms with Crippen molar-refractivity contribution in [3.05, 3.63) is 14.7 Å². The summed E-state index contributed by atoms with van der Waals surface area (Å²) < 4.78 is 32.1. The number of halogens is 1. The molecule has 8 heteroatoms. The van der Waals surface area contributed by atoms with Crippen LogP contribution in [0.25, 0.3) is 0 Å². The predicted molar refractivity (Wildman–Crippen MR) is 90.3 cm³/mol.